The first-order chi connectivity index (χ1) is 13.4. The van der Waals surface area contributed by atoms with E-state index in [-0.39, 0.29) is 11.8 Å². The molecule has 0 fully saturated rings. The number of fused-ring (bicyclic) bond motifs is 1. The summed E-state index contributed by atoms with van der Waals surface area (Å²) in [6, 6.07) is 10.0. The number of aromatic nitrogens is 1. The molecule has 1 heterocycles. The maximum Gasteiger partial charge on any atom is 0.354 e. The predicted molar refractivity (Wildman–Crippen MR) is 110 cm³/mol. The van der Waals surface area contributed by atoms with Crippen LogP contribution in [0.5, 0.6) is 0 Å². The molecule has 5 nitrogen and oxygen atoms in total. The third kappa shape index (κ3) is 4.19. The number of aryl methyl sites for hydroxylation is 2. The molecule has 5 heteroatoms. The van der Waals surface area contributed by atoms with Gasteiger partial charge in [-0.2, -0.15) is 0 Å². The van der Waals surface area contributed by atoms with Crippen LogP contribution in [-0.4, -0.2) is 41.9 Å². The molecule has 0 unspecified atom stereocenters. The van der Waals surface area contributed by atoms with Gasteiger partial charge in [0, 0.05) is 32.4 Å². The third-order valence-corrected chi connectivity index (χ3v) is 4.93. The highest BCUT2D eigenvalue weighted by atomic mass is 16.5. The fourth-order valence-corrected chi connectivity index (χ4v) is 3.65. The van der Waals surface area contributed by atoms with Crippen LogP contribution >= 0.6 is 0 Å². The summed E-state index contributed by atoms with van der Waals surface area (Å²) in [4.78, 5) is 27.9. The lowest BCUT2D eigenvalue weighted by molar-refractivity contribution is 0.0514. The summed E-state index contributed by atoms with van der Waals surface area (Å²) >= 11 is 0. The Morgan fingerprint density at radius 2 is 1.93 bits per heavy atom. The number of nitrogens with zero attached hydrogens (tertiary/aromatic N) is 2. The van der Waals surface area contributed by atoms with Gasteiger partial charge >= 0.3 is 5.97 Å². The summed E-state index contributed by atoms with van der Waals surface area (Å²) in [6.45, 7) is 4.60. The van der Waals surface area contributed by atoms with E-state index in [1.54, 1.807) is 6.92 Å². The number of carbonyl (C=O) groups excluding carboxylic acids is 2. The number of benzene rings is 1. The van der Waals surface area contributed by atoms with Crippen LogP contribution in [-0.2, 0) is 17.7 Å². The molecule has 0 aliphatic heterocycles. The van der Waals surface area contributed by atoms with Gasteiger partial charge in [-0.25, -0.2) is 4.79 Å². The maximum absolute atomic E-state index is 13.4. The van der Waals surface area contributed by atoms with Crippen molar-refractivity contribution in [3.05, 3.63) is 70.2 Å². The Kier molecular flexibility index (Phi) is 6.02. The summed E-state index contributed by atoms with van der Waals surface area (Å²) in [5, 5.41) is 0. The van der Waals surface area contributed by atoms with Crippen molar-refractivity contribution in [2.24, 2.45) is 0 Å². The van der Waals surface area contributed by atoms with Crippen molar-refractivity contribution in [2.75, 3.05) is 20.7 Å². The van der Waals surface area contributed by atoms with E-state index in [9.17, 15) is 9.59 Å². The van der Waals surface area contributed by atoms with E-state index in [2.05, 4.69) is 0 Å². The number of ketones is 1. The molecule has 0 saturated carbocycles. The Balaban J connectivity index is 2.11. The van der Waals surface area contributed by atoms with E-state index in [4.69, 9.17) is 4.74 Å². The minimum Gasteiger partial charge on any atom is -0.461 e. The van der Waals surface area contributed by atoms with Crippen molar-refractivity contribution in [1.29, 1.82) is 0 Å². The van der Waals surface area contributed by atoms with Crippen LogP contribution in [0, 0.1) is 6.92 Å². The van der Waals surface area contributed by atoms with Gasteiger partial charge in [-0.15, -0.1) is 0 Å². The second-order valence-corrected chi connectivity index (χ2v) is 7.50. The summed E-state index contributed by atoms with van der Waals surface area (Å²) in [6.07, 6.45) is 4.30. The van der Waals surface area contributed by atoms with Gasteiger partial charge < -0.3 is 14.2 Å². The van der Waals surface area contributed by atoms with Crippen LogP contribution in [0.2, 0.25) is 0 Å². The van der Waals surface area contributed by atoms with Crippen molar-refractivity contribution < 1.29 is 14.3 Å². The summed E-state index contributed by atoms with van der Waals surface area (Å²) in [7, 11) is 3.84. The molecule has 148 valence electrons. The van der Waals surface area contributed by atoms with Gasteiger partial charge in [0.1, 0.15) is 5.69 Å². The highest BCUT2D eigenvalue weighted by molar-refractivity contribution is 6.10. The molecule has 0 amide bonds. The van der Waals surface area contributed by atoms with Crippen molar-refractivity contribution in [2.45, 2.75) is 39.7 Å². The van der Waals surface area contributed by atoms with Gasteiger partial charge in [-0.1, -0.05) is 29.8 Å². The van der Waals surface area contributed by atoms with Crippen LogP contribution in [0.4, 0.5) is 0 Å². The first kappa shape index (κ1) is 19.9. The largest absolute Gasteiger partial charge is 0.461 e. The van der Waals surface area contributed by atoms with E-state index in [1.807, 2.05) is 67.0 Å². The lowest BCUT2D eigenvalue weighted by atomic mass is 10.1. The summed E-state index contributed by atoms with van der Waals surface area (Å²) < 4.78 is 7.11. The fourth-order valence-electron chi connectivity index (χ4n) is 3.65. The molecule has 1 aromatic heterocycles. The second kappa shape index (κ2) is 8.46. The monoisotopic (exact) mass is 380 g/mol. The minimum absolute atomic E-state index is 0.00357. The molecule has 0 radical (unpaired) electrons. The Labute approximate surface area is 166 Å². The first-order valence-corrected chi connectivity index (χ1v) is 9.77. The smallest absolute Gasteiger partial charge is 0.354 e. The molecule has 1 aliphatic rings. The van der Waals surface area contributed by atoms with Gasteiger partial charge in [0.15, 0.2) is 0 Å². The second-order valence-electron chi connectivity index (χ2n) is 7.50. The average molecular weight is 380 g/mol. The zero-order valence-electron chi connectivity index (χ0n) is 17.1. The Morgan fingerprint density at radius 3 is 2.57 bits per heavy atom. The van der Waals surface area contributed by atoms with Gasteiger partial charge in [-0.3, -0.25) is 4.79 Å². The lowest BCUT2D eigenvalue weighted by Gasteiger charge is -2.15. The van der Waals surface area contributed by atoms with Crippen molar-refractivity contribution in [1.82, 2.24) is 9.47 Å². The first-order valence-electron chi connectivity index (χ1n) is 9.77. The van der Waals surface area contributed by atoms with E-state index in [0.29, 0.717) is 24.5 Å². The zero-order valence-corrected chi connectivity index (χ0v) is 17.1. The molecular formula is C23H28N2O3. The molecule has 28 heavy (non-hydrogen) atoms. The van der Waals surface area contributed by atoms with Crippen molar-refractivity contribution >= 4 is 11.8 Å². The third-order valence-electron chi connectivity index (χ3n) is 4.93. The highest BCUT2D eigenvalue weighted by Crippen LogP contribution is 2.29. The van der Waals surface area contributed by atoms with E-state index < -0.39 is 0 Å². The van der Waals surface area contributed by atoms with Crippen LogP contribution in [0.1, 0.15) is 57.4 Å². The Hall–Kier alpha value is -2.82. The molecule has 1 aromatic carbocycles. The average Bonchev–Trinajstić information content (AvgIpc) is 2.92. The summed E-state index contributed by atoms with van der Waals surface area (Å²) in [5.74, 6) is -0.377. The molecule has 3 rings (SSSR count). The lowest BCUT2D eigenvalue weighted by Crippen LogP contribution is -2.19. The number of rotatable bonds is 5. The number of carbonyl (C=O) groups is 2. The standard InChI is InChI=1S/C23H28N2O3/c1-5-28-23(27)20-13-18-7-6-8-19(15-24(3)4)22(26)21(18)25(20)14-17-11-9-16(2)10-12-17/h9-13,15H,5-8,14H2,1-4H3. The molecule has 0 bridgehead atoms. The topological polar surface area (TPSA) is 51.5 Å². The molecule has 1 aliphatic carbocycles. The normalized spacial score (nSPS) is 15.3. The number of ether oxygens (including phenoxy) is 1. The van der Waals surface area contributed by atoms with Gasteiger partial charge in [0.2, 0.25) is 5.78 Å². The quantitative estimate of drug-likeness (QED) is 0.447. The van der Waals surface area contributed by atoms with Crippen molar-refractivity contribution in [3.8, 4) is 0 Å². The van der Waals surface area contributed by atoms with Crippen LogP contribution < -0.4 is 0 Å². The molecule has 0 saturated heterocycles. The Bertz CT molecular complexity index is 905. The predicted octanol–water partition coefficient (Wildman–Crippen LogP) is 3.99. The number of allylic oxidation sites excluding steroid dienone is 1. The molecule has 0 N–H and O–H groups in total. The van der Waals surface area contributed by atoms with Crippen molar-refractivity contribution in [3.63, 3.8) is 0 Å². The zero-order chi connectivity index (χ0) is 20.3. The van der Waals surface area contributed by atoms with Crippen LogP contribution in [0.3, 0.4) is 0 Å². The number of esters is 1. The van der Waals surface area contributed by atoms with Gasteiger partial charge in [0.25, 0.3) is 0 Å². The van der Waals surface area contributed by atoms with E-state index >= 15 is 0 Å². The van der Waals surface area contributed by atoms with Gasteiger partial charge in [-0.05, 0) is 50.3 Å². The maximum atomic E-state index is 13.4. The van der Waals surface area contributed by atoms with E-state index in [1.165, 1.54) is 5.56 Å². The van der Waals surface area contributed by atoms with Crippen LogP contribution in [0.25, 0.3) is 0 Å². The number of hydrogen-bond acceptors (Lipinski definition) is 4. The fraction of sp³-hybridized carbons (Fsp3) is 0.391. The molecule has 2 aromatic rings. The Morgan fingerprint density at radius 1 is 1.21 bits per heavy atom. The number of Topliss-reactive ketones (excluding diaryl/α,β-unsaturated/α-hetero) is 1. The highest BCUT2D eigenvalue weighted by Gasteiger charge is 2.29. The number of hydrogen-bond donors (Lipinski definition) is 0. The molecular weight excluding hydrogens is 352 g/mol. The van der Waals surface area contributed by atoms with Gasteiger partial charge in [0.05, 0.1) is 12.3 Å². The summed E-state index contributed by atoms with van der Waals surface area (Å²) in [5.41, 5.74) is 5.00. The van der Waals surface area contributed by atoms with Crippen LogP contribution in [0.15, 0.2) is 42.1 Å². The van der Waals surface area contributed by atoms with E-state index in [0.717, 1.165) is 36.0 Å². The molecule has 0 spiro atoms. The molecule has 0 atom stereocenters. The minimum atomic E-state index is -0.381. The SMILES string of the molecule is CCOC(=O)c1cc2c(n1Cc1ccc(C)cc1)C(=O)C(=CN(C)C)CCC2.